The molecule has 0 saturated carbocycles. The zero-order valence-electron chi connectivity index (χ0n) is 12.6. The molecule has 2 aromatic heterocycles. The van der Waals surface area contributed by atoms with Gasteiger partial charge in [0.1, 0.15) is 5.82 Å². The van der Waals surface area contributed by atoms with Gasteiger partial charge in [0.15, 0.2) is 17.3 Å². The highest BCUT2D eigenvalue weighted by atomic mass is 16.7. The van der Waals surface area contributed by atoms with Crippen LogP contribution in [0.5, 0.6) is 11.5 Å². The van der Waals surface area contributed by atoms with Gasteiger partial charge in [0.25, 0.3) is 0 Å². The molecular formula is C16H15N5O2. The van der Waals surface area contributed by atoms with Crippen LogP contribution in [0.4, 0.5) is 5.82 Å². The van der Waals surface area contributed by atoms with Crippen molar-refractivity contribution in [3.8, 4) is 17.3 Å². The lowest BCUT2D eigenvalue weighted by atomic mass is 10.2. The molecule has 0 aliphatic carbocycles. The molecule has 0 unspecified atom stereocenters. The quantitative estimate of drug-likeness (QED) is 0.735. The van der Waals surface area contributed by atoms with E-state index in [1.807, 2.05) is 42.4 Å². The summed E-state index contributed by atoms with van der Waals surface area (Å²) in [6.45, 7) is 0.972. The molecule has 0 amide bonds. The molecule has 23 heavy (non-hydrogen) atoms. The average Bonchev–Trinajstić information content (AvgIpc) is 3.26. The highest BCUT2D eigenvalue weighted by molar-refractivity contribution is 5.46. The minimum Gasteiger partial charge on any atom is -0.454 e. The topological polar surface area (TPSA) is 65.3 Å². The molecule has 0 fully saturated rings. The van der Waals surface area contributed by atoms with E-state index in [-0.39, 0.29) is 6.79 Å². The van der Waals surface area contributed by atoms with Crippen LogP contribution in [0.15, 0.2) is 49.1 Å². The third-order valence-corrected chi connectivity index (χ3v) is 3.60. The van der Waals surface area contributed by atoms with E-state index < -0.39 is 0 Å². The fourth-order valence-electron chi connectivity index (χ4n) is 2.44. The highest BCUT2D eigenvalue weighted by Gasteiger charge is 2.14. The Hall–Kier alpha value is -3.09. The lowest BCUT2D eigenvalue weighted by molar-refractivity contribution is 0.174. The van der Waals surface area contributed by atoms with Gasteiger partial charge in [-0.05, 0) is 23.8 Å². The maximum Gasteiger partial charge on any atom is 0.231 e. The van der Waals surface area contributed by atoms with Gasteiger partial charge < -0.3 is 14.4 Å². The van der Waals surface area contributed by atoms with E-state index in [9.17, 15) is 0 Å². The van der Waals surface area contributed by atoms with Crippen LogP contribution in [0.3, 0.4) is 0 Å². The SMILES string of the molecule is CN(Cc1ccc2c(c1)OCO2)c1cncc(-n2cccn2)n1. The van der Waals surface area contributed by atoms with Gasteiger partial charge in [0.05, 0.1) is 12.4 Å². The number of hydrogen-bond donors (Lipinski definition) is 0. The predicted octanol–water partition coefficient (Wildman–Crippen LogP) is 2.03. The number of rotatable bonds is 4. The number of nitrogens with zero attached hydrogens (tertiary/aromatic N) is 5. The molecule has 1 aliphatic heterocycles. The normalized spacial score (nSPS) is 12.4. The van der Waals surface area contributed by atoms with Gasteiger partial charge in [-0.2, -0.15) is 5.10 Å². The van der Waals surface area contributed by atoms with Gasteiger partial charge >= 0.3 is 0 Å². The van der Waals surface area contributed by atoms with E-state index in [0.717, 1.165) is 22.9 Å². The second kappa shape index (κ2) is 5.60. The molecule has 0 N–H and O–H groups in total. The van der Waals surface area contributed by atoms with E-state index in [1.54, 1.807) is 23.3 Å². The summed E-state index contributed by atoms with van der Waals surface area (Å²) in [5, 5.41) is 4.18. The van der Waals surface area contributed by atoms with E-state index in [0.29, 0.717) is 12.4 Å². The molecule has 3 heterocycles. The van der Waals surface area contributed by atoms with Crippen molar-refractivity contribution in [2.24, 2.45) is 0 Å². The van der Waals surface area contributed by atoms with Crippen molar-refractivity contribution in [1.29, 1.82) is 0 Å². The molecule has 7 nitrogen and oxygen atoms in total. The minimum atomic E-state index is 0.284. The first kappa shape index (κ1) is 13.6. The van der Waals surface area contributed by atoms with Crippen LogP contribution in [0, 0.1) is 0 Å². The molecule has 116 valence electrons. The molecule has 0 radical (unpaired) electrons. The van der Waals surface area contributed by atoms with Crippen molar-refractivity contribution in [3.05, 3.63) is 54.6 Å². The Morgan fingerprint density at radius 1 is 1.22 bits per heavy atom. The van der Waals surface area contributed by atoms with Gasteiger partial charge in [-0.1, -0.05) is 6.07 Å². The molecule has 3 aromatic rings. The molecule has 1 aliphatic rings. The average molecular weight is 309 g/mol. The van der Waals surface area contributed by atoms with Crippen LogP contribution in [0.2, 0.25) is 0 Å². The Labute approximate surface area is 133 Å². The maximum absolute atomic E-state index is 5.41. The Morgan fingerprint density at radius 3 is 3.00 bits per heavy atom. The van der Waals surface area contributed by atoms with Crippen LogP contribution < -0.4 is 14.4 Å². The summed E-state index contributed by atoms with van der Waals surface area (Å²) in [5.74, 6) is 3.03. The number of benzene rings is 1. The molecule has 0 spiro atoms. The summed E-state index contributed by atoms with van der Waals surface area (Å²) < 4.78 is 12.4. The summed E-state index contributed by atoms with van der Waals surface area (Å²) in [5.41, 5.74) is 1.11. The molecule has 0 atom stereocenters. The van der Waals surface area contributed by atoms with Crippen molar-refractivity contribution in [1.82, 2.24) is 19.7 Å². The molecule has 4 rings (SSSR count). The first-order valence-corrected chi connectivity index (χ1v) is 7.21. The molecule has 1 aromatic carbocycles. The first-order chi connectivity index (χ1) is 11.3. The Morgan fingerprint density at radius 2 is 2.13 bits per heavy atom. The number of ether oxygens (including phenoxy) is 2. The number of aromatic nitrogens is 4. The van der Waals surface area contributed by atoms with E-state index >= 15 is 0 Å². The van der Waals surface area contributed by atoms with Crippen LogP contribution in [-0.2, 0) is 6.54 Å². The third kappa shape index (κ3) is 2.68. The minimum absolute atomic E-state index is 0.284. The van der Waals surface area contributed by atoms with Crippen molar-refractivity contribution in [2.75, 3.05) is 18.7 Å². The fourth-order valence-corrected chi connectivity index (χ4v) is 2.44. The van der Waals surface area contributed by atoms with Gasteiger partial charge in [-0.3, -0.25) is 4.98 Å². The summed E-state index contributed by atoms with van der Waals surface area (Å²) >= 11 is 0. The van der Waals surface area contributed by atoms with E-state index in [2.05, 4.69) is 15.1 Å². The second-order valence-electron chi connectivity index (χ2n) is 5.23. The Balaban J connectivity index is 1.55. The molecular weight excluding hydrogens is 294 g/mol. The van der Waals surface area contributed by atoms with Gasteiger partial charge in [-0.15, -0.1) is 0 Å². The van der Waals surface area contributed by atoms with Crippen LogP contribution in [-0.4, -0.2) is 33.6 Å². The summed E-state index contributed by atoms with van der Waals surface area (Å²) in [4.78, 5) is 10.9. The van der Waals surface area contributed by atoms with Crippen LogP contribution in [0.1, 0.15) is 5.56 Å². The van der Waals surface area contributed by atoms with Crippen molar-refractivity contribution < 1.29 is 9.47 Å². The molecule has 0 bridgehead atoms. The fraction of sp³-hybridized carbons (Fsp3) is 0.188. The first-order valence-electron chi connectivity index (χ1n) is 7.21. The number of fused-ring (bicyclic) bond motifs is 1. The summed E-state index contributed by atoms with van der Waals surface area (Å²) in [6, 6.07) is 7.79. The molecule has 7 heteroatoms. The van der Waals surface area contributed by atoms with Gasteiger partial charge in [0.2, 0.25) is 6.79 Å². The smallest absolute Gasteiger partial charge is 0.231 e. The van der Waals surface area contributed by atoms with E-state index in [4.69, 9.17) is 9.47 Å². The van der Waals surface area contributed by atoms with E-state index in [1.165, 1.54) is 0 Å². The largest absolute Gasteiger partial charge is 0.454 e. The predicted molar refractivity (Wildman–Crippen MR) is 83.8 cm³/mol. The van der Waals surface area contributed by atoms with Crippen LogP contribution in [0.25, 0.3) is 5.82 Å². The Kier molecular flexibility index (Phi) is 3.30. The zero-order chi connectivity index (χ0) is 15.6. The van der Waals surface area contributed by atoms with Crippen molar-refractivity contribution in [3.63, 3.8) is 0 Å². The van der Waals surface area contributed by atoms with Crippen LogP contribution >= 0.6 is 0 Å². The van der Waals surface area contributed by atoms with Crippen molar-refractivity contribution in [2.45, 2.75) is 6.54 Å². The maximum atomic E-state index is 5.41. The van der Waals surface area contributed by atoms with Gasteiger partial charge in [0, 0.05) is 26.0 Å². The number of hydrogen-bond acceptors (Lipinski definition) is 6. The monoisotopic (exact) mass is 309 g/mol. The standard InChI is InChI=1S/C16H15N5O2/c1-20(10-12-3-4-13-14(7-12)23-11-22-13)15-8-17-9-16(19-15)21-6-2-5-18-21/h2-9H,10-11H2,1H3. The lowest BCUT2D eigenvalue weighted by Gasteiger charge is -2.18. The van der Waals surface area contributed by atoms with Crippen molar-refractivity contribution >= 4 is 5.82 Å². The number of anilines is 1. The van der Waals surface area contributed by atoms with Gasteiger partial charge in [-0.25, -0.2) is 9.67 Å². The molecule has 0 saturated heterocycles. The Bertz CT molecular complexity index is 819. The highest BCUT2D eigenvalue weighted by Crippen LogP contribution is 2.32. The zero-order valence-corrected chi connectivity index (χ0v) is 12.6. The summed E-state index contributed by atoms with van der Waals surface area (Å²) in [7, 11) is 1.97. The lowest BCUT2D eigenvalue weighted by Crippen LogP contribution is -2.18. The second-order valence-corrected chi connectivity index (χ2v) is 5.23. The third-order valence-electron chi connectivity index (χ3n) is 3.60. The summed E-state index contributed by atoms with van der Waals surface area (Å²) in [6.07, 6.45) is 6.97.